The van der Waals surface area contributed by atoms with Crippen molar-refractivity contribution >= 4 is 44.6 Å². The van der Waals surface area contributed by atoms with Gasteiger partial charge in [-0.1, -0.05) is 22.0 Å². The average Bonchev–Trinajstić information content (AvgIpc) is 2.53. The van der Waals surface area contributed by atoms with E-state index in [0.717, 1.165) is 4.47 Å². The Morgan fingerprint density at radius 3 is 2.59 bits per heavy atom. The van der Waals surface area contributed by atoms with E-state index in [1.807, 2.05) is 0 Å². The third-order valence-electron chi connectivity index (χ3n) is 2.26. The summed E-state index contributed by atoms with van der Waals surface area (Å²) in [5.74, 6) is -0.430. The maximum atomic E-state index is 11.4. The van der Waals surface area contributed by atoms with E-state index < -0.39 is 11.9 Å². The molecule has 6 N–H and O–H groups in total. The highest BCUT2D eigenvalue weighted by Crippen LogP contribution is 2.28. The van der Waals surface area contributed by atoms with E-state index >= 15 is 0 Å². The number of nitrogens with one attached hydrogen (secondary N) is 2. The van der Waals surface area contributed by atoms with Crippen molar-refractivity contribution in [3.05, 3.63) is 28.2 Å². The Kier molecular flexibility index (Phi) is 2.76. The Hall–Kier alpha value is -2.02. The second-order valence-electron chi connectivity index (χ2n) is 3.42. The van der Waals surface area contributed by atoms with Gasteiger partial charge in [0.2, 0.25) is 0 Å². The minimum absolute atomic E-state index is 0.207. The lowest BCUT2D eigenvalue weighted by Crippen LogP contribution is -2.22. The van der Waals surface area contributed by atoms with E-state index in [-0.39, 0.29) is 11.4 Å². The monoisotopic (exact) mass is 296 g/mol. The third kappa shape index (κ3) is 2.09. The molecule has 0 saturated heterocycles. The molecule has 0 spiro atoms. The topological polar surface area (TPSA) is 114 Å². The number of amides is 3. The molecular formula is C10H9BrN4O2. The number of primary amides is 2. The van der Waals surface area contributed by atoms with E-state index in [1.54, 1.807) is 18.2 Å². The van der Waals surface area contributed by atoms with Gasteiger partial charge in [0.1, 0.15) is 5.82 Å². The lowest BCUT2D eigenvalue weighted by Gasteiger charge is -2.00. The highest BCUT2D eigenvalue weighted by atomic mass is 79.9. The van der Waals surface area contributed by atoms with Gasteiger partial charge >= 0.3 is 6.03 Å². The molecule has 0 unspecified atom stereocenters. The number of nitrogens with two attached hydrogens (primary N) is 2. The molecule has 0 radical (unpaired) electrons. The molecule has 3 amide bonds. The number of fused-ring (bicyclic) bond motifs is 1. The Morgan fingerprint density at radius 2 is 2.00 bits per heavy atom. The Labute approximate surface area is 104 Å². The summed E-state index contributed by atoms with van der Waals surface area (Å²) in [6.07, 6.45) is 0. The molecule has 6 nitrogen and oxygen atoms in total. The molecule has 0 fully saturated rings. The van der Waals surface area contributed by atoms with Crippen LogP contribution in [0.3, 0.4) is 0 Å². The maximum absolute atomic E-state index is 11.4. The minimum atomic E-state index is -0.766. The second-order valence-corrected chi connectivity index (χ2v) is 4.33. The highest BCUT2D eigenvalue weighted by Gasteiger charge is 2.17. The van der Waals surface area contributed by atoms with Gasteiger partial charge in [0.05, 0.1) is 5.56 Å². The van der Waals surface area contributed by atoms with Gasteiger partial charge in [0.25, 0.3) is 5.91 Å². The number of urea groups is 1. The number of hydrogen-bond donors (Lipinski definition) is 4. The molecule has 1 aromatic heterocycles. The second kappa shape index (κ2) is 4.10. The van der Waals surface area contributed by atoms with Crippen LogP contribution in [0.2, 0.25) is 0 Å². The zero-order valence-electron chi connectivity index (χ0n) is 8.58. The number of carbonyl (C=O) groups excluding carboxylic acids is 2. The van der Waals surface area contributed by atoms with Crippen LogP contribution in [0, 0.1) is 0 Å². The zero-order valence-corrected chi connectivity index (χ0v) is 10.2. The molecule has 1 aromatic carbocycles. The lowest BCUT2D eigenvalue weighted by molar-refractivity contribution is 0.100. The van der Waals surface area contributed by atoms with Gasteiger partial charge < -0.3 is 16.5 Å². The highest BCUT2D eigenvalue weighted by molar-refractivity contribution is 9.10. The number of aromatic nitrogens is 1. The fraction of sp³-hybridized carbons (Fsp3) is 0. The number of aromatic amines is 1. The van der Waals surface area contributed by atoms with Crippen molar-refractivity contribution in [3.8, 4) is 0 Å². The SMILES string of the molecule is NC(=O)Nc1[nH]c2cc(Br)ccc2c1C(N)=O. The summed E-state index contributed by atoms with van der Waals surface area (Å²) in [7, 11) is 0. The van der Waals surface area contributed by atoms with Gasteiger partial charge in [-0.25, -0.2) is 4.79 Å². The first-order valence-corrected chi connectivity index (χ1v) is 5.46. The van der Waals surface area contributed by atoms with Gasteiger partial charge in [0, 0.05) is 15.4 Å². The molecule has 0 aliphatic rings. The Bertz CT molecular complexity index is 620. The van der Waals surface area contributed by atoms with Gasteiger partial charge in [-0.2, -0.15) is 0 Å². The van der Waals surface area contributed by atoms with E-state index in [1.165, 1.54) is 0 Å². The van der Waals surface area contributed by atoms with E-state index in [2.05, 4.69) is 26.2 Å². The van der Waals surface area contributed by atoms with Gasteiger partial charge in [0.15, 0.2) is 0 Å². The predicted octanol–water partition coefficient (Wildman–Crippen LogP) is 1.52. The van der Waals surface area contributed by atoms with Crippen LogP contribution in [0.15, 0.2) is 22.7 Å². The van der Waals surface area contributed by atoms with E-state index in [9.17, 15) is 9.59 Å². The number of rotatable bonds is 2. The molecule has 0 aliphatic heterocycles. The summed E-state index contributed by atoms with van der Waals surface area (Å²) in [4.78, 5) is 25.1. The summed E-state index contributed by atoms with van der Waals surface area (Å²) in [5.41, 5.74) is 11.2. The third-order valence-corrected chi connectivity index (χ3v) is 2.75. The van der Waals surface area contributed by atoms with Crippen LogP contribution in [0.5, 0.6) is 0 Å². The molecule has 7 heteroatoms. The average molecular weight is 297 g/mol. The fourth-order valence-electron chi connectivity index (χ4n) is 1.64. The smallest absolute Gasteiger partial charge is 0.317 e. The normalized spacial score (nSPS) is 10.4. The molecular weight excluding hydrogens is 288 g/mol. The van der Waals surface area contributed by atoms with E-state index in [0.29, 0.717) is 10.9 Å². The summed E-state index contributed by atoms with van der Waals surface area (Å²) in [6.45, 7) is 0. The van der Waals surface area contributed by atoms with Crippen LogP contribution in [0.1, 0.15) is 10.4 Å². The van der Waals surface area contributed by atoms with Crippen LogP contribution in [0.4, 0.5) is 10.6 Å². The summed E-state index contributed by atoms with van der Waals surface area (Å²) >= 11 is 3.31. The fourth-order valence-corrected chi connectivity index (χ4v) is 2.00. The molecule has 2 rings (SSSR count). The van der Waals surface area contributed by atoms with E-state index in [4.69, 9.17) is 11.5 Å². The number of hydrogen-bond acceptors (Lipinski definition) is 2. The van der Waals surface area contributed by atoms with Gasteiger partial charge in [-0.3, -0.25) is 10.1 Å². The van der Waals surface area contributed by atoms with Crippen molar-refractivity contribution in [2.45, 2.75) is 0 Å². The van der Waals surface area contributed by atoms with Gasteiger partial charge in [-0.05, 0) is 12.1 Å². The van der Waals surface area contributed by atoms with Crippen LogP contribution in [-0.4, -0.2) is 16.9 Å². The molecule has 88 valence electrons. The quantitative estimate of drug-likeness (QED) is 0.673. The van der Waals surface area contributed by atoms with Crippen LogP contribution >= 0.6 is 15.9 Å². The number of benzene rings is 1. The van der Waals surface area contributed by atoms with Crippen molar-refractivity contribution in [2.75, 3.05) is 5.32 Å². The number of halogens is 1. The molecule has 2 aromatic rings. The molecule has 0 atom stereocenters. The molecule has 0 bridgehead atoms. The molecule has 1 heterocycles. The lowest BCUT2D eigenvalue weighted by atomic mass is 10.1. The van der Waals surface area contributed by atoms with Crippen molar-refractivity contribution in [3.63, 3.8) is 0 Å². The van der Waals surface area contributed by atoms with Gasteiger partial charge in [-0.15, -0.1) is 0 Å². The van der Waals surface area contributed by atoms with Crippen LogP contribution in [-0.2, 0) is 0 Å². The standard InChI is InChI=1S/C10H9BrN4O2/c11-4-1-2-5-6(3-4)14-9(15-10(13)17)7(5)8(12)16/h1-3,14H,(H2,12,16)(H3,13,15,17). The van der Waals surface area contributed by atoms with Crippen molar-refractivity contribution < 1.29 is 9.59 Å². The predicted molar refractivity (Wildman–Crippen MR) is 67.7 cm³/mol. The minimum Gasteiger partial charge on any atom is -0.365 e. The largest absolute Gasteiger partial charge is 0.365 e. The zero-order chi connectivity index (χ0) is 12.6. The number of H-pyrrole nitrogens is 1. The molecule has 0 aliphatic carbocycles. The van der Waals surface area contributed by atoms with Crippen LogP contribution < -0.4 is 16.8 Å². The summed E-state index contributed by atoms with van der Waals surface area (Å²) in [6, 6.07) is 4.50. The molecule has 17 heavy (non-hydrogen) atoms. The van der Waals surface area contributed by atoms with Crippen molar-refractivity contribution in [2.24, 2.45) is 11.5 Å². The molecule has 0 saturated carbocycles. The number of carbonyl (C=O) groups is 2. The first-order chi connectivity index (χ1) is 7.99. The first-order valence-electron chi connectivity index (χ1n) is 4.66. The number of anilines is 1. The first kappa shape index (κ1) is 11.5. The van der Waals surface area contributed by atoms with Crippen molar-refractivity contribution in [1.82, 2.24) is 4.98 Å². The Balaban J connectivity index is 2.70. The van der Waals surface area contributed by atoms with Crippen LogP contribution in [0.25, 0.3) is 10.9 Å². The summed E-state index contributed by atoms with van der Waals surface area (Å²) < 4.78 is 0.841. The van der Waals surface area contributed by atoms with Crippen molar-refractivity contribution in [1.29, 1.82) is 0 Å². The maximum Gasteiger partial charge on any atom is 0.317 e. The Morgan fingerprint density at radius 1 is 1.29 bits per heavy atom. The summed E-state index contributed by atoms with van der Waals surface area (Å²) in [5, 5.41) is 2.96.